The van der Waals surface area contributed by atoms with Crippen LogP contribution in [-0.4, -0.2) is 46.9 Å². The number of hydrogen-bond donors (Lipinski definition) is 1. The lowest BCUT2D eigenvalue weighted by atomic mass is 10.1. The van der Waals surface area contributed by atoms with Gasteiger partial charge in [0.2, 0.25) is 5.91 Å². The van der Waals surface area contributed by atoms with Gasteiger partial charge in [0.05, 0.1) is 12.2 Å². The van der Waals surface area contributed by atoms with Crippen molar-refractivity contribution in [2.24, 2.45) is 0 Å². The normalized spacial score (nSPS) is 10.5. The van der Waals surface area contributed by atoms with E-state index in [0.717, 1.165) is 11.3 Å². The van der Waals surface area contributed by atoms with E-state index in [-0.39, 0.29) is 12.5 Å². The summed E-state index contributed by atoms with van der Waals surface area (Å²) in [6.07, 6.45) is 2.03. The molecule has 1 aromatic heterocycles. The highest BCUT2D eigenvalue weighted by Gasteiger charge is 2.12. The molecule has 30 heavy (non-hydrogen) atoms. The first kappa shape index (κ1) is 21.4. The maximum atomic E-state index is 12.2. The Morgan fingerprint density at radius 3 is 2.60 bits per heavy atom. The number of carbonyl (C=O) groups is 2. The topological polar surface area (TPSA) is 76.5 Å². The van der Waals surface area contributed by atoms with Gasteiger partial charge in [-0.25, -0.2) is 9.48 Å². The number of carbonyl (C=O) groups excluding carboxylic acids is 2. The van der Waals surface area contributed by atoms with Crippen molar-refractivity contribution < 1.29 is 14.3 Å². The fraction of sp³-hybridized carbons (Fsp3) is 0.227. The number of para-hydroxylation sites is 1. The fourth-order valence-corrected chi connectivity index (χ4v) is 3.02. The van der Waals surface area contributed by atoms with Crippen molar-refractivity contribution in [3.63, 3.8) is 0 Å². The Balaban J connectivity index is 1.38. The van der Waals surface area contributed by atoms with Crippen LogP contribution in [0.3, 0.4) is 0 Å². The molecule has 1 N–H and O–H groups in total. The molecular weight excluding hydrogens is 404 g/mol. The third kappa shape index (κ3) is 6.09. The number of hydrogen-bond acceptors (Lipinski definition) is 4. The van der Waals surface area contributed by atoms with Crippen molar-refractivity contribution in [2.45, 2.75) is 12.8 Å². The Morgan fingerprint density at radius 1 is 1.10 bits per heavy atom. The smallest absolute Gasteiger partial charge is 0.412 e. The number of aryl methyl sites for hydroxylation is 1. The zero-order chi connectivity index (χ0) is 21.3. The van der Waals surface area contributed by atoms with E-state index >= 15 is 0 Å². The van der Waals surface area contributed by atoms with Crippen LogP contribution in [0.2, 0.25) is 5.02 Å². The van der Waals surface area contributed by atoms with Gasteiger partial charge in [-0.2, -0.15) is 0 Å². The maximum absolute atomic E-state index is 12.2. The van der Waals surface area contributed by atoms with Crippen LogP contribution in [0.15, 0.2) is 66.9 Å². The summed E-state index contributed by atoms with van der Waals surface area (Å²) >= 11 is 6.11. The molecule has 2 aromatic carbocycles. The summed E-state index contributed by atoms with van der Waals surface area (Å²) in [6, 6.07) is 18.7. The highest BCUT2D eigenvalue weighted by molar-refractivity contribution is 6.31. The minimum atomic E-state index is -0.620. The number of likely N-dealkylation sites (N-methyl/N-ethyl adjacent to an activating group) is 1. The lowest BCUT2D eigenvalue weighted by Crippen LogP contribution is -2.31. The van der Waals surface area contributed by atoms with E-state index in [9.17, 15) is 9.59 Å². The van der Waals surface area contributed by atoms with Crippen molar-refractivity contribution in [3.8, 4) is 5.69 Å². The second-order valence-corrected chi connectivity index (χ2v) is 7.06. The number of nitrogens with one attached hydrogen (secondary N) is 1. The number of anilines is 1. The summed E-state index contributed by atoms with van der Waals surface area (Å²) in [5.41, 5.74) is 1.82. The van der Waals surface area contributed by atoms with Gasteiger partial charge in [-0.05, 0) is 30.2 Å². The fourth-order valence-electron chi connectivity index (χ4n) is 2.79. The van der Waals surface area contributed by atoms with Crippen LogP contribution in [0.25, 0.3) is 5.69 Å². The first-order valence-electron chi connectivity index (χ1n) is 9.55. The van der Waals surface area contributed by atoms with Gasteiger partial charge < -0.3 is 9.64 Å². The largest absolute Gasteiger partial charge is 0.447 e. The average Bonchev–Trinajstić information content (AvgIpc) is 3.22. The summed E-state index contributed by atoms with van der Waals surface area (Å²) in [5.74, 6) is 0.341. The lowest BCUT2D eigenvalue weighted by molar-refractivity contribution is -0.130. The van der Waals surface area contributed by atoms with E-state index in [2.05, 4.69) is 10.4 Å². The van der Waals surface area contributed by atoms with Crippen LogP contribution < -0.4 is 5.32 Å². The lowest BCUT2D eigenvalue weighted by Gasteiger charge is -2.17. The molecule has 1 heterocycles. The van der Waals surface area contributed by atoms with Crippen molar-refractivity contribution in [1.82, 2.24) is 14.7 Å². The van der Waals surface area contributed by atoms with Crippen LogP contribution in [0, 0.1) is 0 Å². The zero-order valence-electron chi connectivity index (χ0n) is 16.6. The van der Waals surface area contributed by atoms with E-state index in [0.29, 0.717) is 30.2 Å². The Hall–Kier alpha value is -3.32. The number of ether oxygens (including phenoxy) is 1. The van der Waals surface area contributed by atoms with Crippen molar-refractivity contribution in [3.05, 3.63) is 77.4 Å². The summed E-state index contributed by atoms with van der Waals surface area (Å²) in [6.45, 7) is 0.382. The Morgan fingerprint density at radius 2 is 1.83 bits per heavy atom. The molecule has 0 bridgehead atoms. The molecule has 0 aliphatic heterocycles. The second kappa shape index (κ2) is 10.5. The van der Waals surface area contributed by atoms with Gasteiger partial charge in [0.1, 0.15) is 6.61 Å². The molecule has 0 radical (unpaired) electrons. The summed E-state index contributed by atoms with van der Waals surface area (Å²) in [4.78, 5) is 25.7. The van der Waals surface area contributed by atoms with Gasteiger partial charge in [0.25, 0.3) is 0 Å². The number of halogens is 1. The van der Waals surface area contributed by atoms with Crippen molar-refractivity contribution >= 4 is 29.4 Å². The zero-order valence-corrected chi connectivity index (χ0v) is 17.4. The highest BCUT2D eigenvalue weighted by atomic mass is 35.5. The van der Waals surface area contributed by atoms with Gasteiger partial charge in [0, 0.05) is 30.8 Å². The Bertz CT molecular complexity index is 991. The number of benzene rings is 2. The summed E-state index contributed by atoms with van der Waals surface area (Å²) in [7, 11) is 1.68. The van der Waals surface area contributed by atoms with Crippen LogP contribution in [0.4, 0.5) is 10.6 Å². The van der Waals surface area contributed by atoms with Gasteiger partial charge in [-0.15, -0.1) is 5.10 Å². The standard InChI is InChI=1S/C22H23ClN4O3/c1-26(21(28)12-11-17-7-5-6-10-19(17)23)15-16-30-22(29)24-20-13-14-27(25-20)18-8-3-2-4-9-18/h2-10,13-14H,11-12,15-16H2,1H3,(H,24,25,29). The molecule has 3 aromatic rings. The first-order chi connectivity index (χ1) is 14.5. The molecular formula is C22H23ClN4O3. The molecule has 0 spiro atoms. The molecule has 8 heteroatoms. The number of rotatable bonds is 8. The van der Waals surface area contributed by atoms with Crippen LogP contribution in [-0.2, 0) is 16.0 Å². The van der Waals surface area contributed by atoms with Crippen molar-refractivity contribution in [2.75, 3.05) is 25.5 Å². The SMILES string of the molecule is CN(CCOC(=O)Nc1ccn(-c2ccccc2)n1)C(=O)CCc1ccccc1Cl. The molecule has 0 saturated carbocycles. The van der Waals surface area contributed by atoms with Gasteiger partial charge in [0.15, 0.2) is 5.82 Å². The predicted octanol–water partition coefficient (Wildman–Crippen LogP) is 4.17. The monoisotopic (exact) mass is 426 g/mol. The minimum absolute atomic E-state index is 0.0412. The second-order valence-electron chi connectivity index (χ2n) is 6.65. The number of aromatic nitrogens is 2. The molecule has 0 atom stereocenters. The van der Waals surface area contributed by atoms with E-state index in [4.69, 9.17) is 16.3 Å². The van der Waals surface area contributed by atoms with Crippen LogP contribution in [0.1, 0.15) is 12.0 Å². The predicted molar refractivity (Wildman–Crippen MR) is 116 cm³/mol. The Labute approximate surface area is 180 Å². The summed E-state index contributed by atoms with van der Waals surface area (Å²) in [5, 5.41) is 7.51. The van der Waals surface area contributed by atoms with E-state index in [1.54, 1.807) is 30.1 Å². The molecule has 0 saturated heterocycles. The molecule has 156 valence electrons. The Kier molecular flexibility index (Phi) is 7.45. The first-order valence-corrected chi connectivity index (χ1v) is 9.93. The molecule has 3 rings (SSSR count). The third-order valence-corrected chi connectivity index (χ3v) is 4.86. The molecule has 0 fully saturated rings. The van der Waals surface area contributed by atoms with Gasteiger partial charge >= 0.3 is 6.09 Å². The van der Waals surface area contributed by atoms with E-state index < -0.39 is 6.09 Å². The quantitative estimate of drug-likeness (QED) is 0.586. The molecule has 7 nitrogen and oxygen atoms in total. The van der Waals surface area contributed by atoms with E-state index in [1.807, 2.05) is 48.5 Å². The average molecular weight is 427 g/mol. The molecule has 0 aliphatic carbocycles. The van der Waals surface area contributed by atoms with Crippen LogP contribution >= 0.6 is 11.6 Å². The van der Waals surface area contributed by atoms with E-state index in [1.165, 1.54) is 4.90 Å². The van der Waals surface area contributed by atoms with Crippen LogP contribution in [0.5, 0.6) is 0 Å². The number of amides is 2. The highest BCUT2D eigenvalue weighted by Crippen LogP contribution is 2.17. The maximum Gasteiger partial charge on any atom is 0.412 e. The molecule has 0 aliphatic rings. The third-order valence-electron chi connectivity index (χ3n) is 4.49. The summed E-state index contributed by atoms with van der Waals surface area (Å²) < 4.78 is 6.80. The van der Waals surface area contributed by atoms with Gasteiger partial charge in [-0.1, -0.05) is 48.0 Å². The minimum Gasteiger partial charge on any atom is -0.447 e. The molecule has 2 amide bonds. The van der Waals surface area contributed by atoms with Crippen molar-refractivity contribution in [1.29, 1.82) is 0 Å². The number of nitrogens with zero attached hydrogens (tertiary/aromatic N) is 3. The van der Waals surface area contributed by atoms with Gasteiger partial charge in [-0.3, -0.25) is 10.1 Å². The molecule has 0 unspecified atom stereocenters.